The minimum Gasteiger partial charge on any atom is -0.310 e. The Labute approximate surface area is 404 Å². The van der Waals surface area contributed by atoms with Gasteiger partial charge in [0.15, 0.2) is 8.07 Å². The number of para-hydroxylation sites is 1. The van der Waals surface area contributed by atoms with Crippen LogP contribution in [0.2, 0.25) is 36.3 Å². The fraction of sp³-hybridized carbons (Fsp3) is 0.194. The van der Waals surface area contributed by atoms with Crippen molar-refractivity contribution in [2.45, 2.75) is 77.8 Å². The molecule has 0 unspecified atom stereocenters. The maximum Gasteiger partial charge on any atom is 0.252 e. The summed E-state index contributed by atoms with van der Waals surface area (Å²) < 4.78 is 5.55. The van der Waals surface area contributed by atoms with E-state index in [0.717, 1.165) is 0 Å². The van der Waals surface area contributed by atoms with Crippen LogP contribution in [0.25, 0.3) is 77.6 Å². The summed E-state index contributed by atoms with van der Waals surface area (Å²) in [5.74, 6) is 0. The molecule has 0 aliphatic carbocycles. The van der Waals surface area contributed by atoms with Gasteiger partial charge in [-0.05, 0) is 75.5 Å². The van der Waals surface area contributed by atoms with Crippen LogP contribution < -0.4 is 47.5 Å². The van der Waals surface area contributed by atoms with Crippen molar-refractivity contribution >= 4 is 111 Å². The summed E-state index contributed by atoms with van der Waals surface area (Å²) >= 11 is 0. The number of nitrogens with zero attached hydrogens (tertiary/aromatic N) is 2. The van der Waals surface area contributed by atoms with Gasteiger partial charge in [0.2, 0.25) is 0 Å². The predicted octanol–water partition coefficient (Wildman–Crippen LogP) is 10.3. The first-order chi connectivity index (χ1) is 32.6. The second-order valence-corrected chi connectivity index (χ2v) is 38.0. The lowest BCUT2D eigenvalue weighted by Gasteiger charge is -2.44. The Bertz CT molecular complexity index is 3830. The first-order valence-electron chi connectivity index (χ1n) is 24.9. The summed E-state index contributed by atoms with van der Waals surface area (Å²) in [4.78, 5) is 0. The second-order valence-electron chi connectivity index (χ2n) is 23.7. The summed E-state index contributed by atoms with van der Waals surface area (Å²) in [5, 5.41) is 13.9. The number of rotatable bonds is 4. The van der Waals surface area contributed by atoms with Crippen molar-refractivity contribution in [3.05, 3.63) is 164 Å². The molecule has 0 saturated heterocycles. The van der Waals surface area contributed by atoms with Gasteiger partial charge in [-0.2, -0.15) is 0 Å². The highest BCUT2D eigenvalue weighted by Gasteiger charge is 2.57. The molecule has 0 fully saturated rings. The number of benzene rings is 8. The molecule has 0 amide bonds. The first-order valence-corrected chi connectivity index (χ1v) is 32.9. The van der Waals surface area contributed by atoms with E-state index in [-0.39, 0.29) is 16.8 Å². The van der Waals surface area contributed by atoms with Crippen LogP contribution in [0.4, 0.5) is 0 Å². The molecule has 8 aromatic carbocycles. The van der Waals surface area contributed by atoms with Crippen molar-refractivity contribution in [1.82, 2.24) is 9.13 Å². The van der Waals surface area contributed by atoms with Crippen LogP contribution in [0.1, 0.15) is 41.5 Å². The van der Waals surface area contributed by atoms with E-state index in [1.165, 1.54) is 94.0 Å². The van der Waals surface area contributed by atoms with Crippen molar-refractivity contribution in [2.24, 2.45) is 0 Å². The number of aromatic nitrogens is 2. The molecule has 330 valence electrons. The van der Waals surface area contributed by atoms with Crippen molar-refractivity contribution in [1.29, 1.82) is 0 Å². The lowest BCUT2D eigenvalue weighted by molar-refractivity contribution is 0.729. The monoisotopic (exact) mass is 924 g/mol. The quantitative estimate of drug-likeness (QED) is 0.156. The van der Waals surface area contributed by atoms with E-state index in [4.69, 9.17) is 0 Å². The van der Waals surface area contributed by atoms with E-state index in [1.807, 2.05) is 0 Å². The second kappa shape index (κ2) is 13.1. The van der Waals surface area contributed by atoms with Gasteiger partial charge < -0.3 is 9.13 Å². The Hall–Kier alpha value is -6.18. The first kappa shape index (κ1) is 40.8. The third-order valence-corrected chi connectivity index (χ3v) is 34.5. The predicted molar refractivity (Wildman–Crippen MR) is 303 cm³/mol. The van der Waals surface area contributed by atoms with Gasteiger partial charge in [-0.3, -0.25) is 0 Å². The Balaban J connectivity index is 1.25. The minimum atomic E-state index is -2.97. The Morgan fingerprint density at radius 2 is 0.985 bits per heavy atom. The molecule has 0 saturated carbocycles. The smallest absolute Gasteiger partial charge is 0.252 e. The topological polar surface area (TPSA) is 9.86 Å². The third kappa shape index (κ3) is 4.75. The lowest BCUT2D eigenvalue weighted by Crippen LogP contribution is -2.77. The molecule has 2 aromatic heterocycles. The fourth-order valence-corrected chi connectivity index (χ4v) is 22.8. The molecule has 4 aliphatic rings. The highest BCUT2D eigenvalue weighted by molar-refractivity contribution is 7.24. The van der Waals surface area contributed by atoms with Crippen LogP contribution in [-0.4, -0.2) is 40.1 Å². The van der Waals surface area contributed by atoms with Crippen molar-refractivity contribution < 1.29 is 0 Å². The van der Waals surface area contributed by atoms with Gasteiger partial charge in [-0.25, -0.2) is 0 Å². The van der Waals surface area contributed by atoms with E-state index < -0.39 is 24.2 Å². The van der Waals surface area contributed by atoms with E-state index in [9.17, 15) is 0 Å². The van der Waals surface area contributed by atoms with E-state index >= 15 is 0 Å². The van der Waals surface area contributed by atoms with Crippen molar-refractivity contribution in [3.8, 4) is 44.9 Å². The molecule has 10 aromatic rings. The standard InChI is InChI=1S/C62H57BN2Si3/c1-61(2,3)66(7,8)40-34-45-46-35-41(67(9,10)62(4,5)6)37-53-59(46)65-58(45)48(36-40)63-47-29-21-28-44-54(38-22-13-11-14-23-38)56(39-24-15-12-16-25-39)64(57(44)47)49-32-33-52(60(65)55(49)63)68(53)50-30-19-17-26-42(50)43-27-18-20-31-51(43)68/h11-37H,1-10H3. The number of hydrogen-bond acceptors (Lipinski definition) is 0. The largest absolute Gasteiger partial charge is 0.310 e. The van der Waals surface area contributed by atoms with E-state index in [1.54, 1.807) is 31.1 Å². The molecule has 2 nitrogen and oxygen atoms in total. The van der Waals surface area contributed by atoms with Crippen LogP contribution >= 0.6 is 0 Å². The summed E-state index contributed by atoms with van der Waals surface area (Å²) in [6.07, 6.45) is 0. The Morgan fingerprint density at radius 3 is 1.60 bits per heavy atom. The fourth-order valence-electron chi connectivity index (χ4n) is 13.3. The van der Waals surface area contributed by atoms with Gasteiger partial charge in [0.05, 0.1) is 27.4 Å². The summed E-state index contributed by atoms with van der Waals surface area (Å²) in [6, 6.07) is 65.0. The third-order valence-electron chi connectivity index (χ3n) is 18.6. The average Bonchev–Trinajstić information content (AvgIpc) is 3.96. The van der Waals surface area contributed by atoms with Gasteiger partial charge in [-0.1, -0.05) is 236 Å². The molecule has 1 spiro atoms. The lowest BCUT2D eigenvalue weighted by atomic mass is 9.34. The molecule has 0 bridgehead atoms. The molecule has 0 radical (unpaired) electrons. The molecule has 6 heterocycles. The Kier molecular flexibility index (Phi) is 7.88. The Morgan fingerprint density at radius 1 is 0.441 bits per heavy atom. The zero-order valence-corrected chi connectivity index (χ0v) is 44.1. The number of hydrogen-bond donors (Lipinski definition) is 0. The van der Waals surface area contributed by atoms with Gasteiger partial charge >= 0.3 is 0 Å². The maximum atomic E-state index is 2.85. The molecule has 4 aliphatic heterocycles. The van der Waals surface area contributed by atoms with Crippen LogP contribution in [0, 0.1) is 0 Å². The van der Waals surface area contributed by atoms with E-state index in [2.05, 4.69) is 241 Å². The minimum absolute atomic E-state index is 0.0571. The van der Waals surface area contributed by atoms with Gasteiger partial charge in [0, 0.05) is 44.1 Å². The van der Waals surface area contributed by atoms with Gasteiger partial charge in [-0.15, -0.1) is 0 Å². The zero-order valence-electron chi connectivity index (χ0n) is 41.1. The van der Waals surface area contributed by atoms with Crippen LogP contribution in [-0.2, 0) is 0 Å². The highest BCUT2D eigenvalue weighted by Crippen LogP contribution is 2.47. The summed E-state index contributed by atoms with van der Waals surface area (Å²) in [5.41, 5.74) is 19.3. The number of fused-ring (bicyclic) bond motifs is 11. The van der Waals surface area contributed by atoms with Crippen LogP contribution in [0.5, 0.6) is 0 Å². The molecule has 0 N–H and O–H groups in total. The van der Waals surface area contributed by atoms with E-state index in [0.29, 0.717) is 0 Å². The SMILES string of the molecule is CC(C)(C)[Si](C)(C)c1cc2c3c(c1)c1cc([Si](C)(C)C(C)(C)C)cc4c1n3-c1c(ccc3c1B2c1cccc2c(-c5ccccc5)c(-c5ccccc5)n-3c12)[Si]41c2ccccc2-c2ccccc21. The highest BCUT2D eigenvalue weighted by atomic mass is 28.3. The molecular weight excluding hydrogens is 868 g/mol. The molecular formula is C62H57BN2Si3. The van der Waals surface area contributed by atoms with Crippen molar-refractivity contribution in [2.75, 3.05) is 0 Å². The normalized spacial score (nSPS) is 15.0. The molecule has 68 heavy (non-hydrogen) atoms. The van der Waals surface area contributed by atoms with Crippen LogP contribution in [0.15, 0.2) is 164 Å². The van der Waals surface area contributed by atoms with Gasteiger partial charge in [0.25, 0.3) is 6.71 Å². The van der Waals surface area contributed by atoms with Crippen molar-refractivity contribution in [3.63, 3.8) is 0 Å². The summed E-state index contributed by atoms with van der Waals surface area (Å²) in [7, 11) is -7.09. The average molecular weight is 925 g/mol. The molecule has 0 atom stereocenters. The maximum absolute atomic E-state index is 2.97. The summed E-state index contributed by atoms with van der Waals surface area (Å²) in [6.45, 7) is 25.6. The zero-order chi connectivity index (χ0) is 46.6. The molecule has 14 rings (SSSR count). The van der Waals surface area contributed by atoms with Crippen LogP contribution in [0.3, 0.4) is 0 Å². The molecule has 6 heteroatoms. The van der Waals surface area contributed by atoms with Gasteiger partial charge in [0.1, 0.15) is 0 Å².